The molecule has 0 amide bonds. The number of ether oxygens (including phenoxy) is 1. The smallest absolute Gasteiger partial charge is 0.0613 e. The molecule has 0 saturated carbocycles. The van der Waals surface area contributed by atoms with Crippen molar-refractivity contribution in [3.8, 4) is 0 Å². The van der Waals surface area contributed by atoms with Crippen LogP contribution in [0.2, 0.25) is 0 Å². The second kappa shape index (κ2) is 8.89. The monoisotopic (exact) mass is 259 g/mol. The zero-order valence-electron chi connectivity index (χ0n) is 13.0. The Morgan fingerprint density at radius 3 is 2.17 bits per heavy atom. The SMILES string of the molecule is CCNC(CC)(CO)CCCOCCC(C)(C)C. The topological polar surface area (TPSA) is 41.5 Å². The molecule has 3 heteroatoms. The van der Waals surface area contributed by atoms with Crippen molar-refractivity contribution in [1.29, 1.82) is 0 Å². The van der Waals surface area contributed by atoms with Gasteiger partial charge in [-0.1, -0.05) is 34.6 Å². The minimum Gasteiger partial charge on any atom is -0.394 e. The van der Waals surface area contributed by atoms with E-state index < -0.39 is 0 Å². The molecule has 0 spiro atoms. The first-order chi connectivity index (χ1) is 8.39. The van der Waals surface area contributed by atoms with Crippen molar-refractivity contribution in [2.24, 2.45) is 5.41 Å². The predicted octanol–water partition coefficient (Wildman–Crippen LogP) is 2.97. The minimum absolute atomic E-state index is 0.109. The van der Waals surface area contributed by atoms with Gasteiger partial charge in [0.1, 0.15) is 0 Å². The van der Waals surface area contributed by atoms with Gasteiger partial charge in [0.25, 0.3) is 0 Å². The van der Waals surface area contributed by atoms with Gasteiger partial charge in [-0.3, -0.25) is 0 Å². The number of hydrogen-bond acceptors (Lipinski definition) is 3. The van der Waals surface area contributed by atoms with E-state index in [-0.39, 0.29) is 12.1 Å². The summed E-state index contributed by atoms with van der Waals surface area (Å²) in [5.41, 5.74) is 0.240. The number of nitrogens with one attached hydrogen (secondary N) is 1. The Bertz CT molecular complexity index is 195. The lowest BCUT2D eigenvalue weighted by atomic mass is 9.91. The van der Waals surface area contributed by atoms with Gasteiger partial charge in [-0.15, -0.1) is 0 Å². The van der Waals surface area contributed by atoms with Crippen LogP contribution in [0.5, 0.6) is 0 Å². The zero-order valence-corrected chi connectivity index (χ0v) is 13.0. The van der Waals surface area contributed by atoms with Crippen molar-refractivity contribution in [2.75, 3.05) is 26.4 Å². The quantitative estimate of drug-likeness (QED) is 0.593. The lowest BCUT2D eigenvalue weighted by Gasteiger charge is -2.31. The Hall–Kier alpha value is -0.120. The molecule has 0 fully saturated rings. The second-order valence-corrected chi connectivity index (χ2v) is 6.35. The summed E-state index contributed by atoms with van der Waals surface area (Å²) in [6, 6.07) is 0. The molecular formula is C15H33NO2. The lowest BCUT2D eigenvalue weighted by molar-refractivity contribution is 0.0885. The summed E-state index contributed by atoms with van der Waals surface area (Å²) in [5, 5.41) is 12.9. The minimum atomic E-state index is -0.109. The molecule has 0 heterocycles. The molecule has 0 saturated heterocycles. The van der Waals surface area contributed by atoms with E-state index in [0.29, 0.717) is 5.41 Å². The van der Waals surface area contributed by atoms with Gasteiger partial charge in [0, 0.05) is 18.8 Å². The van der Waals surface area contributed by atoms with E-state index in [2.05, 4.69) is 39.9 Å². The maximum Gasteiger partial charge on any atom is 0.0613 e. The van der Waals surface area contributed by atoms with Crippen molar-refractivity contribution >= 4 is 0 Å². The normalized spacial score (nSPS) is 15.7. The molecule has 0 aromatic carbocycles. The Kier molecular flexibility index (Phi) is 8.83. The van der Waals surface area contributed by atoms with Gasteiger partial charge < -0.3 is 15.2 Å². The maximum atomic E-state index is 9.51. The molecule has 0 aromatic heterocycles. The molecule has 0 rings (SSSR count). The van der Waals surface area contributed by atoms with E-state index in [9.17, 15) is 5.11 Å². The van der Waals surface area contributed by atoms with Crippen LogP contribution in [0.15, 0.2) is 0 Å². The van der Waals surface area contributed by atoms with Crippen molar-refractivity contribution < 1.29 is 9.84 Å². The highest BCUT2D eigenvalue weighted by molar-refractivity contribution is 4.85. The number of rotatable bonds is 10. The average Bonchev–Trinajstić information content (AvgIpc) is 2.31. The van der Waals surface area contributed by atoms with Crippen LogP contribution in [0.4, 0.5) is 0 Å². The molecular weight excluding hydrogens is 226 g/mol. The molecule has 3 nitrogen and oxygen atoms in total. The van der Waals surface area contributed by atoms with Crippen molar-refractivity contribution in [2.45, 2.75) is 65.8 Å². The van der Waals surface area contributed by atoms with Crippen LogP contribution < -0.4 is 5.32 Å². The Balaban J connectivity index is 3.74. The highest BCUT2D eigenvalue weighted by Gasteiger charge is 2.25. The number of likely N-dealkylation sites (N-methyl/N-ethyl adjacent to an activating group) is 1. The first-order valence-electron chi connectivity index (χ1n) is 7.33. The lowest BCUT2D eigenvalue weighted by Crippen LogP contribution is -2.48. The van der Waals surface area contributed by atoms with Gasteiger partial charge in [0.2, 0.25) is 0 Å². The standard InChI is InChI=1S/C15H33NO2/c1-6-15(13-17,16-7-2)9-8-11-18-12-10-14(3,4)5/h16-17H,6-13H2,1-5H3. The summed E-state index contributed by atoms with van der Waals surface area (Å²) in [7, 11) is 0. The third kappa shape index (κ3) is 8.06. The number of aliphatic hydroxyl groups excluding tert-OH is 1. The summed E-state index contributed by atoms with van der Waals surface area (Å²) >= 11 is 0. The second-order valence-electron chi connectivity index (χ2n) is 6.35. The Morgan fingerprint density at radius 1 is 1.06 bits per heavy atom. The molecule has 1 atom stereocenters. The van der Waals surface area contributed by atoms with Gasteiger partial charge in [-0.25, -0.2) is 0 Å². The Morgan fingerprint density at radius 2 is 1.72 bits per heavy atom. The van der Waals surface area contributed by atoms with Crippen LogP contribution in [0.1, 0.15) is 60.3 Å². The van der Waals surface area contributed by atoms with Crippen LogP contribution in [-0.4, -0.2) is 37.0 Å². The molecule has 0 aliphatic heterocycles. The average molecular weight is 259 g/mol. The highest BCUT2D eigenvalue weighted by atomic mass is 16.5. The van der Waals surface area contributed by atoms with Crippen LogP contribution >= 0.6 is 0 Å². The third-order valence-corrected chi connectivity index (χ3v) is 3.47. The third-order valence-electron chi connectivity index (χ3n) is 3.47. The molecule has 0 bridgehead atoms. The van der Waals surface area contributed by atoms with Crippen LogP contribution in [-0.2, 0) is 4.74 Å². The van der Waals surface area contributed by atoms with Crippen molar-refractivity contribution in [1.82, 2.24) is 5.32 Å². The molecule has 2 N–H and O–H groups in total. The van der Waals surface area contributed by atoms with E-state index >= 15 is 0 Å². The van der Waals surface area contributed by atoms with E-state index in [1.54, 1.807) is 0 Å². The van der Waals surface area contributed by atoms with Crippen molar-refractivity contribution in [3.05, 3.63) is 0 Å². The predicted molar refractivity (Wildman–Crippen MR) is 77.9 cm³/mol. The van der Waals surface area contributed by atoms with E-state index in [4.69, 9.17) is 4.74 Å². The zero-order chi connectivity index (χ0) is 14.1. The molecule has 1 unspecified atom stereocenters. The molecule has 110 valence electrons. The first-order valence-corrected chi connectivity index (χ1v) is 7.33. The molecule has 0 aromatic rings. The molecule has 18 heavy (non-hydrogen) atoms. The van der Waals surface area contributed by atoms with E-state index in [0.717, 1.165) is 45.4 Å². The highest BCUT2D eigenvalue weighted by Crippen LogP contribution is 2.19. The largest absolute Gasteiger partial charge is 0.394 e. The fraction of sp³-hybridized carbons (Fsp3) is 1.00. The van der Waals surface area contributed by atoms with Gasteiger partial charge in [-0.2, -0.15) is 0 Å². The number of hydrogen-bond donors (Lipinski definition) is 2. The van der Waals surface area contributed by atoms with Crippen molar-refractivity contribution in [3.63, 3.8) is 0 Å². The summed E-state index contributed by atoms with van der Waals surface area (Å²) in [6.07, 6.45) is 4.04. The first kappa shape index (κ1) is 17.9. The summed E-state index contributed by atoms with van der Waals surface area (Å²) in [6.45, 7) is 13.6. The van der Waals surface area contributed by atoms with E-state index in [1.165, 1.54) is 0 Å². The number of aliphatic hydroxyl groups is 1. The fourth-order valence-electron chi connectivity index (χ4n) is 2.00. The van der Waals surface area contributed by atoms with Gasteiger partial charge in [-0.05, 0) is 37.6 Å². The summed E-state index contributed by atoms with van der Waals surface area (Å²) in [4.78, 5) is 0. The van der Waals surface area contributed by atoms with Crippen LogP contribution in [0.25, 0.3) is 0 Å². The maximum absolute atomic E-state index is 9.51. The molecule has 0 aliphatic carbocycles. The van der Waals surface area contributed by atoms with Crippen LogP contribution in [0, 0.1) is 5.41 Å². The van der Waals surface area contributed by atoms with Gasteiger partial charge in [0.15, 0.2) is 0 Å². The molecule has 0 aliphatic rings. The van der Waals surface area contributed by atoms with Gasteiger partial charge >= 0.3 is 0 Å². The summed E-state index contributed by atoms with van der Waals surface area (Å²) < 4.78 is 5.66. The van der Waals surface area contributed by atoms with Gasteiger partial charge in [0.05, 0.1) is 6.61 Å². The molecule has 0 radical (unpaired) electrons. The summed E-state index contributed by atoms with van der Waals surface area (Å²) in [5.74, 6) is 0. The van der Waals surface area contributed by atoms with Crippen LogP contribution in [0.3, 0.4) is 0 Å². The Labute approximate surface area is 113 Å². The fourth-order valence-corrected chi connectivity index (χ4v) is 2.00. The van der Waals surface area contributed by atoms with E-state index in [1.807, 2.05) is 0 Å².